The van der Waals surface area contributed by atoms with E-state index in [0.29, 0.717) is 25.7 Å². The summed E-state index contributed by atoms with van der Waals surface area (Å²) in [7, 11) is 0. The Morgan fingerprint density at radius 1 is 1.31 bits per heavy atom. The van der Waals surface area contributed by atoms with Crippen LogP contribution < -0.4 is 0 Å². The molecule has 1 unspecified atom stereocenters. The number of hydrogen-bond acceptors (Lipinski definition) is 3. The maximum atomic E-state index is 14.1. The summed E-state index contributed by atoms with van der Waals surface area (Å²) >= 11 is 0. The molecular weight excluding hydrogens is 338 g/mol. The quantitative estimate of drug-likeness (QED) is 0.300. The highest BCUT2D eigenvalue weighted by Gasteiger charge is 2.38. The standard InChI is InChI=1S/C21H32F2O3/c1-3-4-11-20(26)21(22,23)13-12-17-16(2)15-19(25)18(17)10-8-6-5-7-9-14-24/h6,8,12-14,17-20,25-26H,2-5,7,9-11,15H2,1H3/b8-6-,13-12+/t17-,18+,19-,20?/m0/s1. The smallest absolute Gasteiger partial charge is 0.291 e. The minimum absolute atomic E-state index is 0.0645. The zero-order valence-electron chi connectivity index (χ0n) is 15.6. The highest BCUT2D eigenvalue weighted by molar-refractivity contribution is 5.49. The van der Waals surface area contributed by atoms with Crippen molar-refractivity contribution < 1.29 is 23.8 Å². The Bertz CT molecular complexity index is 499. The number of aliphatic hydroxyl groups excluding tert-OH is 2. The number of hydrogen-bond donors (Lipinski definition) is 2. The van der Waals surface area contributed by atoms with E-state index in [1.165, 1.54) is 6.08 Å². The van der Waals surface area contributed by atoms with Crippen LogP contribution in [0.5, 0.6) is 0 Å². The Morgan fingerprint density at radius 2 is 2.04 bits per heavy atom. The van der Waals surface area contributed by atoms with Gasteiger partial charge in [-0.05, 0) is 44.1 Å². The van der Waals surface area contributed by atoms with Crippen molar-refractivity contribution >= 4 is 6.29 Å². The second-order valence-corrected chi connectivity index (χ2v) is 7.12. The van der Waals surface area contributed by atoms with Crippen molar-refractivity contribution in [2.75, 3.05) is 0 Å². The van der Waals surface area contributed by atoms with E-state index >= 15 is 0 Å². The topological polar surface area (TPSA) is 57.5 Å². The van der Waals surface area contributed by atoms with Crippen LogP contribution in [0.15, 0.2) is 36.5 Å². The van der Waals surface area contributed by atoms with Crippen LogP contribution in [0.1, 0.15) is 58.3 Å². The summed E-state index contributed by atoms with van der Waals surface area (Å²) in [6, 6.07) is 0. The molecular formula is C21H32F2O3. The molecule has 0 aromatic rings. The van der Waals surface area contributed by atoms with Gasteiger partial charge in [-0.1, -0.05) is 50.1 Å². The van der Waals surface area contributed by atoms with E-state index in [9.17, 15) is 23.8 Å². The summed E-state index contributed by atoms with van der Waals surface area (Å²) in [5.74, 6) is -3.79. The first-order chi connectivity index (χ1) is 12.3. The predicted molar refractivity (Wildman–Crippen MR) is 100 cm³/mol. The molecule has 1 aliphatic rings. The molecule has 5 heteroatoms. The second-order valence-electron chi connectivity index (χ2n) is 7.12. The summed E-state index contributed by atoms with van der Waals surface area (Å²) in [5.41, 5.74) is 0.743. The molecule has 1 saturated carbocycles. The molecule has 1 aliphatic carbocycles. The number of carbonyl (C=O) groups is 1. The molecule has 0 bridgehead atoms. The highest BCUT2D eigenvalue weighted by Crippen LogP contribution is 2.40. The number of rotatable bonds is 12. The van der Waals surface area contributed by atoms with E-state index in [0.717, 1.165) is 37.2 Å². The molecule has 26 heavy (non-hydrogen) atoms. The average Bonchev–Trinajstić information content (AvgIpc) is 2.87. The number of allylic oxidation sites excluding steroid dienone is 3. The first kappa shape index (κ1) is 22.7. The van der Waals surface area contributed by atoms with Crippen molar-refractivity contribution in [1.29, 1.82) is 0 Å². The van der Waals surface area contributed by atoms with Gasteiger partial charge in [0.25, 0.3) is 5.92 Å². The Kier molecular flexibility index (Phi) is 9.96. The molecule has 0 saturated heterocycles. The minimum atomic E-state index is -3.28. The average molecular weight is 370 g/mol. The van der Waals surface area contributed by atoms with E-state index in [4.69, 9.17) is 0 Å². The largest absolute Gasteiger partial charge is 0.392 e. The monoisotopic (exact) mass is 370 g/mol. The van der Waals surface area contributed by atoms with Crippen LogP contribution in [0.4, 0.5) is 8.78 Å². The van der Waals surface area contributed by atoms with Crippen molar-refractivity contribution in [3.8, 4) is 0 Å². The molecule has 0 heterocycles. The Balaban J connectivity index is 2.68. The minimum Gasteiger partial charge on any atom is -0.392 e. The lowest BCUT2D eigenvalue weighted by Crippen LogP contribution is -2.31. The fourth-order valence-electron chi connectivity index (χ4n) is 3.30. The van der Waals surface area contributed by atoms with Gasteiger partial charge in [-0.2, -0.15) is 8.78 Å². The van der Waals surface area contributed by atoms with Gasteiger partial charge in [-0.15, -0.1) is 0 Å². The summed E-state index contributed by atoms with van der Waals surface area (Å²) in [4.78, 5) is 10.3. The van der Waals surface area contributed by atoms with Crippen LogP contribution in [0.25, 0.3) is 0 Å². The fourth-order valence-corrected chi connectivity index (χ4v) is 3.30. The van der Waals surface area contributed by atoms with Gasteiger partial charge >= 0.3 is 0 Å². The Hall–Kier alpha value is -1.33. The molecule has 1 rings (SSSR count). The molecule has 2 N–H and O–H groups in total. The predicted octanol–water partition coefficient (Wildman–Crippen LogP) is 4.60. The summed E-state index contributed by atoms with van der Waals surface area (Å²) < 4.78 is 28.2. The van der Waals surface area contributed by atoms with Crippen LogP contribution in [0.3, 0.4) is 0 Å². The van der Waals surface area contributed by atoms with Gasteiger partial charge in [-0.25, -0.2) is 0 Å². The second kappa shape index (κ2) is 11.4. The number of aliphatic hydroxyl groups is 2. The lowest BCUT2D eigenvalue weighted by molar-refractivity contribution is -0.107. The van der Waals surface area contributed by atoms with Gasteiger partial charge in [0.2, 0.25) is 0 Å². The van der Waals surface area contributed by atoms with Crippen LogP contribution in [0, 0.1) is 11.8 Å². The molecule has 0 radical (unpaired) electrons. The van der Waals surface area contributed by atoms with Gasteiger partial charge in [0.1, 0.15) is 12.4 Å². The third-order valence-electron chi connectivity index (χ3n) is 4.97. The van der Waals surface area contributed by atoms with Crippen molar-refractivity contribution in [2.24, 2.45) is 11.8 Å². The SMILES string of the molecule is C=C1C[C@H](O)[C@H](C/C=C\CCCC=O)[C@H]1/C=C/C(F)(F)C(O)CCCC. The first-order valence-corrected chi connectivity index (χ1v) is 9.53. The van der Waals surface area contributed by atoms with Gasteiger partial charge < -0.3 is 15.0 Å². The van der Waals surface area contributed by atoms with Gasteiger partial charge in [0, 0.05) is 12.3 Å². The van der Waals surface area contributed by atoms with Gasteiger partial charge in [-0.3, -0.25) is 0 Å². The normalized spacial score (nSPS) is 25.4. The van der Waals surface area contributed by atoms with E-state index < -0.39 is 18.1 Å². The van der Waals surface area contributed by atoms with Crippen molar-refractivity contribution in [2.45, 2.75) is 76.4 Å². The third-order valence-corrected chi connectivity index (χ3v) is 4.97. The lowest BCUT2D eigenvalue weighted by atomic mass is 9.88. The maximum absolute atomic E-state index is 14.1. The molecule has 0 spiro atoms. The fraction of sp³-hybridized carbons (Fsp3) is 0.667. The lowest BCUT2D eigenvalue weighted by Gasteiger charge is -2.22. The van der Waals surface area contributed by atoms with E-state index in [1.807, 2.05) is 19.1 Å². The molecule has 0 amide bonds. The number of aldehydes is 1. The summed E-state index contributed by atoms with van der Waals surface area (Å²) in [5, 5.41) is 19.9. The van der Waals surface area contributed by atoms with Crippen molar-refractivity contribution in [1.82, 2.24) is 0 Å². The molecule has 0 aliphatic heterocycles. The van der Waals surface area contributed by atoms with Crippen LogP contribution >= 0.6 is 0 Å². The summed E-state index contributed by atoms with van der Waals surface area (Å²) in [6.07, 6.45) is 9.11. The Labute approximate surface area is 155 Å². The third kappa shape index (κ3) is 7.12. The van der Waals surface area contributed by atoms with E-state index in [1.54, 1.807) is 0 Å². The van der Waals surface area contributed by atoms with E-state index in [-0.39, 0.29) is 18.3 Å². The van der Waals surface area contributed by atoms with Gasteiger partial charge in [0.05, 0.1) is 6.10 Å². The molecule has 4 atom stereocenters. The number of unbranched alkanes of at least 4 members (excludes halogenated alkanes) is 3. The first-order valence-electron chi connectivity index (χ1n) is 9.53. The summed E-state index contributed by atoms with van der Waals surface area (Å²) in [6.45, 7) is 5.81. The van der Waals surface area contributed by atoms with Crippen molar-refractivity contribution in [3.63, 3.8) is 0 Å². The van der Waals surface area contributed by atoms with Crippen LogP contribution in [-0.4, -0.2) is 34.6 Å². The molecule has 3 nitrogen and oxygen atoms in total. The van der Waals surface area contributed by atoms with E-state index in [2.05, 4.69) is 6.58 Å². The molecule has 0 aromatic carbocycles. The maximum Gasteiger partial charge on any atom is 0.291 e. The number of alkyl halides is 2. The van der Waals surface area contributed by atoms with Crippen LogP contribution in [0.2, 0.25) is 0 Å². The number of carbonyl (C=O) groups excluding carboxylic acids is 1. The highest BCUT2D eigenvalue weighted by atomic mass is 19.3. The zero-order chi connectivity index (χ0) is 19.6. The van der Waals surface area contributed by atoms with Crippen molar-refractivity contribution in [3.05, 3.63) is 36.5 Å². The molecule has 1 fully saturated rings. The molecule has 0 aromatic heterocycles. The Morgan fingerprint density at radius 3 is 2.69 bits per heavy atom. The number of halogens is 2. The zero-order valence-corrected chi connectivity index (χ0v) is 15.6. The van der Waals surface area contributed by atoms with Crippen LogP contribution in [-0.2, 0) is 4.79 Å². The van der Waals surface area contributed by atoms with Gasteiger partial charge in [0.15, 0.2) is 0 Å². The molecule has 148 valence electrons.